The predicted molar refractivity (Wildman–Crippen MR) is 77.1 cm³/mol. The van der Waals surface area contributed by atoms with E-state index in [4.69, 9.17) is 9.47 Å². The summed E-state index contributed by atoms with van der Waals surface area (Å²) in [5.74, 6) is 1.37. The summed E-state index contributed by atoms with van der Waals surface area (Å²) in [6.45, 7) is 2.34. The van der Waals surface area contributed by atoms with Crippen LogP contribution in [0.1, 0.15) is 23.5 Å². The number of aliphatic hydroxyl groups excluding tert-OH is 1. The summed E-state index contributed by atoms with van der Waals surface area (Å²) in [6.07, 6.45) is 0.382. The third-order valence-corrected chi connectivity index (χ3v) is 3.79. The Morgan fingerprint density at radius 1 is 1.26 bits per heavy atom. The summed E-state index contributed by atoms with van der Waals surface area (Å²) in [5, 5.41) is 11.6. The SMILES string of the molecule is COc1cc([C@@H](C)O)ccc1OCCc1cccs1. The van der Waals surface area contributed by atoms with E-state index in [2.05, 4.69) is 11.4 Å². The van der Waals surface area contributed by atoms with Gasteiger partial charge in [0.15, 0.2) is 11.5 Å². The zero-order valence-corrected chi connectivity index (χ0v) is 11.9. The summed E-state index contributed by atoms with van der Waals surface area (Å²) in [4.78, 5) is 1.31. The number of benzene rings is 1. The first-order chi connectivity index (χ1) is 9.20. The van der Waals surface area contributed by atoms with Crippen molar-refractivity contribution in [2.45, 2.75) is 19.4 Å². The predicted octanol–water partition coefficient (Wildman–Crippen LogP) is 3.43. The fraction of sp³-hybridized carbons (Fsp3) is 0.333. The highest BCUT2D eigenvalue weighted by molar-refractivity contribution is 7.09. The molecule has 2 rings (SSSR count). The topological polar surface area (TPSA) is 38.7 Å². The highest BCUT2D eigenvalue weighted by Crippen LogP contribution is 2.30. The van der Waals surface area contributed by atoms with Gasteiger partial charge in [-0.15, -0.1) is 11.3 Å². The fourth-order valence-corrected chi connectivity index (χ4v) is 2.47. The molecule has 1 atom stereocenters. The number of hydrogen-bond donors (Lipinski definition) is 1. The largest absolute Gasteiger partial charge is 0.493 e. The van der Waals surface area contributed by atoms with Crippen molar-refractivity contribution in [3.8, 4) is 11.5 Å². The van der Waals surface area contributed by atoms with Crippen LogP contribution in [0.3, 0.4) is 0 Å². The van der Waals surface area contributed by atoms with Crippen LogP contribution in [0.25, 0.3) is 0 Å². The van der Waals surface area contributed by atoms with Crippen LogP contribution in [0.5, 0.6) is 11.5 Å². The van der Waals surface area contributed by atoms with Gasteiger partial charge in [-0.25, -0.2) is 0 Å². The van der Waals surface area contributed by atoms with Gasteiger partial charge in [0.05, 0.1) is 19.8 Å². The van der Waals surface area contributed by atoms with E-state index in [1.807, 2.05) is 24.3 Å². The summed E-state index contributed by atoms with van der Waals surface area (Å²) < 4.78 is 11.0. The molecule has 3 nitrogen and oxygen atoms in total. The zero-order valence-electron chi connectivity index (χ0n) is 11.1. The molecule has 0 saturated carbocycles. The van der Waals surface area contributed by atoms with Crippen molar-refractivity contribution in [1.29, 1.82) is 0 Å². The van der Waals surface area contributed by atoms with Gasteiger partial charge in [0, 0.05) is 11.3 Å². The second-order valence-electron chi connectivity index (χ2n) is 4.26. The molecule has 19 heavy (non-hydrogen) atoms. The van der Waals surface area contributed by atoms with E-state index in [0.29, 0.717) is 18.1 Å². The Hall–Kier alpha value is -1.52. The zero-order chi connectivity index (χ0) is 13.7. The number of rotatable bonds is 6. The van der Waals surface area contributed by atoms with Crippen LogP contribution in [-0.4, -0.2) is 18.8 Å². The molecule has 0 amide bonds. The molecule has 4 heteroatoms. The molecule has 0 unspecified atom stereocenters. The Balaban J connectivity index is 1.99. The smallest absolute Gasteiger partial charge is 0.161 e. The highest BCUT2D eigenvalue weighted by atomic mass is 32.1. The molecule has 1 heterocycles. The third-order valence-electron chi connectivity index (χ3n) is 2.86. The number of hydrogen-bond acceptors (Lipinski definition) is 4. The van der Waals surface area contributed by atoms with Crippen LogP contribution in [0.15, 0.2) is 35.7 Å². The molecule has 0 bridgehead atoms. The molecule has 2 aromatic rings. The average molecular weight is 278 g/mol. The number of methoxy groups -OCH3 is 1. The lowest BCUT2D eigenvalue weighted by molar-refractivity contribution is 0.198. The molecule has 1 aromatic carbocycles. The quantitative estimate of drug-likeness (QED) is 0.879. The summed E-state index contributed by atoms with van der Waals surface area (Å²) in [7, 11) is 1.60. The molecule has 1 aromatic heterocycles. The van der Waals surface area contributed by atoms with Crippen LogP contribution in [0, 0.1) is 0 Å². The van der Waals surface area contributed by atoms with E-state index < -0.39 is 6.10 Å². The van der Waals surface area contributed by atoms with E-state index in [9.17, 15) is 5.11 Å². The number of ether oxygens (including phenoxy) is 2. The maximum Gasteiger partial charge on any atom is 0.161 e. The minimum absolute atomic E-state index is 0.505. The van der Waals surface area contributed by atoms with Gasteiger partial charge in [-0.05, 0) is 36.1 Å². The monoisotopic (exact) mass is 278 g/mol. The Labute approximate surface area is 117 Å². The molecule has 102 valence electrons. The van der Waals surface area contributed by atoms with Crippen molar-refractivity contribution in [3.63, 3.8) is 0 Å². The summed E-state index contributed by atoms with van der Waals surface area (Å²) >= 11 is 1.73. The Morgan fingerprint density at radius 2 is 2.11 bits per heavy atom. The lowest BCUT2D eigenvalue weighted by atomic mass is 10.1. The normalized spacial score (nSPS) is 12.2. The van der Waals surface area contributed by atoms with Crippen LogP contribution in [0.2, 0.25) is 0 Å². The number of aliphatic hydroxyl groups is 1. The molecular weight excluding hydrogens is 260 g/mol. The first-order valence-corrected chi connectivity index (χ1v) is 7.10. The van der Waals surface area contributed by atoms with Gasteiger partial charge < -0.3 is 14.6 Å². The minimum atomic E-state index is -0.505. The summed E-state index contributed by atoms with van der Waals surface area (Å²) in [6, 6.07) is 9.65. The van der Waals surface area contributed by atoms with Crippen molar-refractivity contribution in [2.75, 3.05) is 13.7 Å². The average Bonchev–Trinajstić information content (AvgIpc) is 2.92. The van der Waals surface area contributed by atoms with Crippen molar-refractivity contribution in [1.82, 2.24) is 0 Å². The lowest BCUT2D eigenvalue weighted by Crippen LogP contribution is -2.02. The summed E-state index contributed by atoms with van der Waals surface area (Å²) in [5.41, 5.74) is 0.822. The molecule has 0 radical (unpaired) electrons. The molecule has 0 saturated heterocycles. The Bertz CT molecular complexity index is 506. The third kappa shape index (κ3) is 3.72. The first-order valence-electron chi connectivity index (χ1n) is 6.22. The van der Waals surface area contributed by atoms with Crippen molar-refractivity contribution in [2.24, 2.45) is 0 Å². The Morgan fingerprint density at radius 3 is 2.74 bits per heavy atom. The van der Waals surface area contributed by atoms with Gasteiger partial charge >= 0.3 is 0 Å². The van der Waals surface area contributed by atoms with Gasteiger partial charge in [0.1, 0.15) is 0 Å². The second kappa shape index (κ2) is 6.59. The van der Waals surface area contributed by atoms with Gasteiger partial charge in [-0.2, -0.15) is 0 Å². The van der Waals surface area contributed by atoms with Gasteiger partial charge in [0.2, 0.25) is 0 Å². The van der Waals surface area contributed by atoms with Crippen LogP contribution < -0.4 is 9.47 Å². The fourth-order valence-electron chi connectivity index (χ4n) is 1.78. The van der Waals surface area contributed by atoms with E-state index in [0.717, 1.165) is 12.0 Å². The van der Waals surface area contributed by atoms with Crippen molar-refractivity contribution in [3.05, 3.63) is 46.2 Å². The van der Waals surface area contributed by atoms with E-state index in [-0.39, 0.29) is 0 Å². The molecular formula is C15H18O3S. The molecule has 0 aliphatic carbocycles. The first kappa shape index (κ1) is 13.9. The van der Waals surface area contributed by atoms with Gasteiger partial charge in [-0.1, -0.05) is 12.1 Å². The van der Waals surface area contributed by atoms with Crippen molar-refractivity contribution < 1.29 is 14.6 Å². The van der Waals surface area contributed by atoms with Gasteiger partial charge in [-0.3, -0.25) is 0 Å². The van der Waals surface area contributed by atoms with Gasteiger partial charge in [0.25, 0.3) is 0 Å². The van der Waals surface area contributed by atoms with E-state index in [1.165, 1.54) is 4.88 Å². The molecule has 0 spiro atoms. The van der Waals surface area contributed by atoms with E-state index >= 15 is 0 Å². The molecule has 0 aliphatic rings. The van der Waals surface area contributed by atoms with Crippen molar-refractivity contribution >= 4 is 11.3 Å². The minimum Gasteiger partial charge on any atom is -0.493 e. The maximum atomic E-state index is 9.54. The highest BCUT2D eigenvalue weighted by Gasteiger charge is 2.08. The maximum absolute atomic E-state index is 9.54. The second-order valence-corrected chi connectivity index (χ2v) is 5.30. The molecule has 1 N–H and O–H groups in total. The molecule has 0 fully saturated rings. The van der Waals surface area contributed by atoms with E-state index in [1.54, 1.807) is 25.4 Å². The standard InChI is InChI=1S/C15H18O3S/c1-11(16)12-5-6-14(15(10-12)17-2)18-8-7-13-4-3-9-19-13/h3-6,9-11,16H,7-8H2,1-2H3/t11-/m1/s1. The van der Waals surface area contributed by atoms with Crippen LogP contribution >= 0.6 is 11.3 Å². The molecule has 0 aliphatic heterocycles. The number of thiophene rings is 1. The van der Waals surface area contributed by atoms with Crippen LogP contribution in [0.4, 0.5) is 0 Å². The van der Waals surface area contributed by atoms with Crippen LogP contribution in [-0.2, 0) is 6.42 Å². The lowest BCUT2D eigenvalue weighted by Gasteiger charge is -2.13. The Kier molecular flexibility index (Phi) is 4.82.